The van der Waals surface area contributed by atoms with E-state index < -0.39 is 29.0 Å². The van der Waals surface area contributed by atoms with Crippen LogP contribution in [0.15, 0.2) is 73.2 Å². The first-order chi connectivity index (χ1) is 26.0. The number of pyridine rings is 1. The molecule has 1 unspecified atom stereocenters. The molecule has 3 aromatic carbocycles. The van der Waals surface area contributed by atoms with Crippen molar-refractivity contribution < 1.29 is 41.3 Å². The van der Waals surface area contributed by atoms with Crippen molar-refractivity contribution in [1.29, 1.82) is 0 Å². The molecule has 0 aliphatic heterocycles. The first-order valence-corrected chi connectivity index (χ1v) is 18.3. The van der Waals surface area contributed by atoms with Gasteiger partial charge in [-0.15, -0.1) is 0 Å². The average molecular weight is 763 g/mol. The number of para-hydroxylation sites is 2. The lowest BCUT2D eigenvalue weighted by Crippen LogP contribution is -2.21. The molecule has 0 radical (unpaired) electrons. The highest BCUT2D eigenvalue weighted by molar-refractivity contribution is 7.81. The van der Waals surface area contributed by atoms with E-state index in [2.05, 4.69) is 20.3 Å². The topological polar surface area (TPSA) is 179 Å². The summed E-state index contributed by atoms with van der Waals surface area (Å²) in [5.74, 6) is -1.39. The number of carbonyl (C=O) groups is 2. The molecule has 0 fully saturated rings. The number of aryl methyl sites for hydroxylation is 1. The third kappa shape index (κ3) is 10.2. The van der Waals surface area contributed by atoms with Gasteiger partial charge in [-0.05, 0) is 67.8 Å². The molecule has 5 rings (SSSR count). The summed E-state index contributed by atoms with van der Waals surface area (Å²) >= 11 is -2.78. The van der Waals surface area contributed by atoms with Crippen LogP contribution in [0, 0.1) is 18.6 Å². The van der Waals surface area contributed by atoms with Crippen LogP contribution >= 0.6 is 0 Å². The van der Waals surface area contributed by atoms with Crippen LogP contribution < -0.4 is 29.6 Å². The number of halogens is 2. The van der Waals surface area contributed by atoms with Gasteiger partial charge in [0.05, 0.1) is 25.1 Å². The zero-order valence-electron chi connectivity index (χ0n) is 29.7. The van der Waals surface area contributed by atoms with E-state index in [0.29, 0.717) is 52.9 Å². The molecule has 0 saturated carbocycles. The number of unbranched alkanes of at least 4 members (excludes halogenated alkanes) is 6. The molecule has 1 atom stereocenters. The molecular formula is C38H40F2N6O7S. The monoisotopic (exact) mass is 762 g/mol. The van der Waals surface area contributed by atoms with Gasteiger partial charge < -0.3 is 25.3 Å². The summed E-state index contributed by atoms with van der Waals surface area (Å²) in [5.41, 5.74) is 7.57. The zero-order chi connectivity index (χ0) is 38.6. The van der Waals surface area contributed by atoms with Crippen molar-refractivity contribution in [2.24, 2.45) is 5.73 Å². The number of ether oxygens (including phenoxy) is 3. The number of benzene rings is 3. The number of methoxy groups -OCH3 is 1. The van der Waals surface area contributed by atoms with Crippen LogP contribution in [0.2, 0.25) is 0 Å². The van der Waals surface area contributed by atoms with Gasteiger partial charge in [0.2, 0.25) is 11.8 Å². The number of nitrogens with one attached hydrogen (secondary N) is 1. The summed E-state index contributed by atoms with van der Waals surface area (Å²) in [6.07, 6.45) is 8.69. The Balaban J connectivity index is 1.17. The van der Waals surface area contributed by atoms with Crippen molar-refractivity contribution in [3.63, 3.8) is 0 Å². The number of rotatable bonds is 18. The Kier molecular flexibility index (Phi) is 13.8. The summed E-state index contributed by atoms with van der Waals surface area (Å²) in [7, 11) is 1.32. The predicted molar refractivity (Wildman–Crippen MR) is 201 cm³/mol. The van der Waals surface area contributed by atoms with Gasteiger partial charge in [-0.1, -0.05) is 44.2 Å². The van der Waals surface area contributed by atoms with Gasteiger partial charge in [-0.2, -0.15) is 0 Å². The molecule has 13 nitrogen and oxygen atoms in total. The van der Waals surface area contributed by atoms with Crippen molar-refractivity contribution in [2.75, 3.05) is 23.3 Å². The van der Waals surface area contributed by atoms with Crippen LogP contribution in [0.4, 0.5) is 30.6 Å². The van der Waals surface area contributed by atoms with Gasteiger partial charge in [0.15, 0.2) is 11.6 Å². The van der Waals surface area contributed by atoms with Gasteiger partial charge in [0.1, 0.15) is 29.1 Å². The van der Waals surface area contributed by atoms with Crippen LogP contribution in [-0.2, 0) is 16.1 Å². The number of amides is 2. The van der Waals surface area contributed by atoms with Crippen LogP contribution in [0.1, 0.15) is 57.1 Å². The van der Waals surface area contributed by atoms with Crippen molar-refractivity contribution in [3.8, 4) is 28.5 Å². The Morgan fingerprint density at radius 1 is 0.889 bits per heavy atom. The average Bonchev–Trinajstić information content (AvgIpc) is 3.14. The van der Waals surface area contributed by atoms with Crippen LogP contribution in [0.5, 0.6) is 17.4 Å². The molecule has 0 spiro atoms. The number of anilines is 3. The highest BCUT2D eigenvalue weighted by Gasteiger charge is 2.25. The number of primary amides is 1. The first kappa shape index (κ1) is 39.5. The third-order valence-corrected chi connectivity index (χ3v) is 9.15. The Bertz CT molecular complexity index is 2140. The molecule has 0 aliphatic carbocycles. The molecule has 2 aromatic heterocycles. The highest BCUT2D eigenvalue weighted by atomic mass is 32.2. The Hall–Kier alpha value is -5.74. The molecule has 54 heavy (non-hydrogen) atoms. The van der Waals surface area contributed by atoms with E-state index in [9.17, 15) is 27.1 Å². The van der Waals surface area contributed by atoms with Gasteiger partial charge >= 0.3 is 6.09 Å². The van der Waals surface area contributed by atoms with E-state index >= 15 is 0 Å². The molecular weight excluding hydrogens is 723 g/mol. The number of aromatic nitrogens is 3. The number of fused-ring (bicyclic) bond motifs is 1. The fourth-order valence-corrected chi connectivity index (χ4v) is 6.43. The van der Waals surface area contributed by atoms with Gasteiger partial charge in [-0.3, -0.25) is 9.35 Å². The van der Waals surface area contributed by atoms with Gasteiger partial charge in [0.25, 0.3) is 11.3 Å². The number of hydrogen-bond donors (Lipinski definition) is 3. The summed E-state index contributed by atoms with van der Waals surface area (Å²) < 4.78 is 68.5. The third-order valence-electron chi connectivity index (χ3n) is 8.44. The summed E-state index contributed by atoms with van der Waals surface area (Å²) in [5, 5.41) is 3.49. The van der Waals surface area contributed by atoms with E-state index in [4.69, 9.17) is 19.9 Å². The fraction of sp³-hybridized carbons (Fsp3) is 0.289. The number of hydrogen-bond acceptors (Lipinski definition) is 9. The second-order valence-electron chi connectivity index (χ2n) is 12.2. The van der Waals surface area contributed by atoms with E-state index in [1.807, 2.05) is 13.0 Å². The molecule has 5 aromatic rings. The minimum absolute atomic E-state index is 0.0221. The number of carbonyl (C=O) groups excluding carboxylic acids is 2. The Morgan fingerprint density at radius 2 is 1.63 bits per heavy atom. The lowest BCUT2D eigenvalue weighted by molar-refractivity contribution is -0.116. The van der Waals surface area contributed by atoms with E-state index in [0.717, 1.165) is 66.8 Å². The molecule has 4 N–H and O–H groups in total. The summed E-state index contributed by atoms with van der Waals surface area (Å²) in [6, 6.07) is 14.4. The summed E-state index contributed by atoms with van der Waals surface area (Å²) in [4.78, 5) is 36.6. The molecule has 16 heteroatoms. The normalized spacial score (nSPS) is 11.6. The van der Waals surface area contributed by atoms with E-state index in [1.165, 1.54) is 25.7 Å². The maximum Gasteiger partial charge on any atom is 0.410 e. The SMILES string of the molecule is COc1ncc(-c2cc(OCCCCCCCCCC(=O)Nc3ccccc3OC(N)=O)c3ncnc(C)c3c2)cc1N(c1ccc(F)cc1F)S(=O)O. The number of nitrogens with two attached hydrogens (primary N) is 1. The van der Waals surface area contributed by atoms with E-state index in [-0.39, 0.29) is 28.9 Å². The lowest BCUT2D eigenvalue weighted by atomic mass is 10.0. The first-order valence-electron chi connectivity index (χ1n) is 17.2. The predicted octanol–water partition coefficient (Wildman–Crippen LogP) is 8.16. The largest absolute Gasteiger partial charge is 0.491 e. The minimum Gasteiger partial charge on any atom is -0.491 e. The maximum atomic E-state index is 14.8. The zero-order valence-corrected chi connectivity index (χ0v) is 30.5. The van der Waals surface area contributed by atoms with Crippen molar-refractivity contribution in [2.45, 2.75) is 58.3 Å². The van der Waals surface area contributed by atoms with Gasteiger partial charge in [0, 0.05) is 35.3 Å². The summed E-state index contributed by atoms with van der Waals surface area (Å²) in [6.45, 7) is 2.27. The van der Waals surface area contributed by atoms with Crippen LogP contribution in [0.25, 0.3) is 22.0 Å². The van der Waals surface area contributed by atoms with Crippen molar-refractivity contribution >= 4 is 51.2 Å². The van der Waals surface area contributed by atoms with Crippen molar-refractivity contribution in [1.82, 2.24) is 15.0 Å². The second kappa shape index (κ2) is 18.8. The molecule has 0 saturated heterocycles. The molecule has 0 aliphatic rings. The smallest absolute Gasteiger partial charge is 0.410 e. The fourth-order valence-electron chi connectivity index (χ4n) is 5.82. The maximum absolute atomic E-state index is 14.8. The molecule has 2 amide bonds. The van der Waals surface area contributed by atoms with Crippen LogP contribution in [-0.4, -0.2) is 49.4 Å². The lowest BCUT2D eigenvalue weighted by Gasteiger charge is -2.23. The van der Waals surface area contributed by atoms with Gasteiger partial charge in [-0.25, -0.2) is 37.0 Å². The quantitative estimate of drug-likeness (QED) is 0.0583. The molecule has 284 valence electrons. The minimum atomic E-state index is -2.78. The molecule has 2 heterocycles. The second-order valence-corrected chi connectivity index (χ2v) is 13.1. The Morgan fingerprint density at radius 3 is 2.35 bits per heavy atom. The Labute approximate surface area is 313 Å². The van der Waals surface area contributed by atoms with Crippen LogP contribution in [0.3, 0.4) is 0 Å². The van der Waals surface area contributed by atoms with Crippen molar-refractivity contribution in [3.05, 3.63) is 90.5 Å². The molecule has 0 bridgehead atoms. The number of nitrogens with zero attached hydrogens (tertiary/aromatic N) is 4. The van der Waals surface area contributed by atoms with E-state index in [1.54, 1.807) is 30.3 Å². The standard InChI is InChI=1S/C38H40F2N6O7S/c1-24-28-18-25(26-19-32(37(51-2)42-22-26)46(54(49)50)31-16-15-27(39)21-29(31)40)20-34(36(28)44-23-43-24)52-17-11-7-5-3-4-6-8-14-35(47)45-30-12-9-10-13-33(30)53-38(41)48/h9-10,12-13,15-16,18-23H,3-8,11,14,17H2,1-2H3,(H2,41,48)(H,45,47)(H,49,50). The highest BCUT2D eigenvalue weighted by Crippen LogP contribution is 2.39.